The predicted molar refractivity (Wildman–Crippen MR) is 49.1 cm³/mol. The van der Waals surface area contributed by atoms with E-state index >= 15 is 0 Å². The van der Waals surface area contributed by atoms with Crippen molar-refractivity contribution in [3.8, 4) is 0 Å². The lowest BCUT2D eigenvalue weighted by Gasteiger charge is -1.98. The van der Waals surface area contributed by atoms with Crippen LogP contribution in [0.5, 0.6) is 0 Å². The van der Waals surface area contributed by atoms with E-state index < -0.39 is 0 Å². The first-order valence-electron chi connectivity index (χ1n) is 4.01. The van der Waals surface area contributed by atoms with Crippen LogP contribution in [0, 0.1) is 5.41 Å². The first kappa shape index (κ1) is 8.71. The SMILES string of the molecule is N=C(N)CCCc1ccncc1. The van der Waals surface area contributed by atoms with Gasteiger partial charge >= 0.3 is 0 Å². The maximum atomic E-state index is 7.03. The van der Waals surface area contributed by atoms with Gasteiger partial charge in [0, 0.05) is 18.8 Å². The molecule has 0 fully saturated rings. The van der Waals surface area contributed by atoms with Crippen molar-refractivity contribution in [2.75, 3.05) is 0 Å². The van der Waals surface area contributed by atoms with Crippen LogP contribution in [0.25, 0.3) is 0 Å². The van der Waals surface area contributed by atoms with Crippen molar-refractivity contribution in [1.82, 2.24) is 4.98 Å². The molecule has 0 saturated heterocycles. The summed E-state index contributed by atoms with van der Waals surface area (Å²) >= 11 is 0. The van der Waals surface area contributed by atoms with Crippen molar-refractivity contribution < 1.29 is 0 Å². The Labute approximate surface area is 72.1 Å². The third-order valence-electron chi connectivity index (χ3n) is 1.66. The molecule has 0 atom stereocenters. The lowest BCUT2D eigenvalue weighted by Crippen LogP contribution is -2.09. The van der Waals surface area contributed by atoms with Crippen LogP contribution in [0.2, 0.25) is 0 Å². The van der Waals surface area contributed by atoms with Crippen molar-refractivity contribution in [3.63, 3.8) is 0 Å². The van der Waals surface area contributed by atoms with E-state index in [0.29, 0.717) is 6.42 Å². The molecule has 0 aliphatic rings. The summed E-state index contributed by atoms with van der Waals surface area (Å²) in [5, 5.41) is 7.03. The second kappa shape index (κ2) is 4.49. The summed E-state index contributed by atoms with van der Waals surface area (Å²) < 4.78 is 0. The molecule has 0 saturated carbocycles. The van der Waals surface area contributed by atoms with Gasteiger partial charge in [-0.2, -0.15) is 0 Å². The van der Waals surface area contributed by atoms with E-state index in [1.54, 1.807) is 12.4 Å². The number of aryl methyl sites for hydroxylation is 1. The van der Waals surface area contributed by atoms with Crippen LogP contribution in [-0.4, -0.2) is 10.8 Å². The van der Waals surface area contributed by atoms with Crippen molar-refractivity contribution in [2.24, 2.45) is 5.73 Å². The maximum absolute atomic E-state index is 7.03. The highest BCUT2D eigenvalue weighted by Crippen LogP contribution is 2.02. The summed E-state index contributed by atoms with van der Waals surface area (Å²) in [6.45, 7) is 0. The molecule has 1 aromatic rings. The topological polar surface area (TPSA) is 62.8 Å². The zero-order valence-electron chi connectivity index (χ0n) is 6.96. The van der Waals surface area contributed by atoms with E-state index in [1.165, 1.54) is 5.56 Å². The van der Waals surface area contributed by atoms with E-state index in [9.17, 15) is 0 Å². The van der Waals surface area contributed by atoms with Crippen molar-refractivity contribution in [3.05, 3.63) is 30.1 Å². The monoisotopic (exact) mass is 163 g/mol. The molecule has 0 spiro atoms. The van der Waals surface area contributed by atoms with Crippen LogP contribution < -0.4 is 5.73 Å². The van der Waals surface area contributed by atoms with Crippen LogP contribution in [0.15, 0.2) is 24.5 Å². The fourth-order valence-electron chi connectivity index (χ4n) is 1.03. The standard InChI is InChI=1S/C9H13N3/c10-9(11)3-1-2-8-4-6-12-7-5-8/h4-7H,1-3H2,(H3,10,11). The van der Waals surface area contributed by atoms with E-state index in [2.05, 4.69) is 4.98 Å². The minimum absolute atomic E-state index is 0.268. The van der Waals surface area contributed by atoms with E-state index in [0.717, 1.165) is 12.8 Å². The molecule has 0 radical (unpaired) electrons. The lowest BCUT2D eigenvalue weighted by atomic mass is 10.1. The Morgan fingerprint density at radius 3 is 2.67 bits per heavy atom. The number of nitrogens with two attached hydrogens (primary N) is 1. The molecule has 1 heterocycles. The van der Waals surface area contributed by atoms with Crippen LogP contribution >= 0.6 is 0 Å². The molecule has 0 aliphatic carbocycles. The second-order valence-corrected chi connectivity index (χ2v) is 2.73. The third kappa shape index (κ3) is 3.14. The van der Waals surface area contributed by atoms with Crippen molar-refractivity contribution in [1.29, 1.82) is 5.41 Å². The molecular formula is C9H13N3. The minimum Gasteiger partial charge on any atom is -0.388 e. The van der Waals surface area contributed by atoms with E-state index in [1.807, 2.05) is 12.1 Å². The number of hydrogen-bond donors (Lipinski definition) is 2. The lowest BCUT2D eigenvalue weighted by molar-refractivity contribution is 0.855. The molecule has 3 N–H and O–H groups in total. The molecule has 0 bridgehead atoms. The number of amidine groups is 1. The Hall–Kier alpha value is -1.38. The van der Waals surface area contributed by atoms with Crippen LogP contribution in [0.1, 0.15) is 18.4 Å². The summed E-state index contributed by atoms with van der Waals surface area (Å²) in [6.07, 6.45) is 6.16. The van der Waals surface area contributed by atoms with Crippen LogP contribution in [0.3, 0.4) is 0 Å². The van der Waals surface area contributed by atoms with Gasteiger partial charge in [-0.3, -0.25) is 10.4 Å². The highest BCUT2D eigenvalue weighted by atomic mass is 14.7. The van der Waals surface area contributed by atoms with Crippen LogP contribution in [-0.2, 0) is 6.42 Å². The molecule has 0 aromatic carbocycles. The third-order valence-corrected chi connectivity index (χ3v) is 1.66. The minimum atomic E-state index is 0.268. The first-order chi connectivity index (χ1) is 5.79. The van der Waals surface area contributed by atoms with Crippen molar-refractivity contribution in [2.45, 2.75) is 19.3 Å². The average Bonchev–Trinajstić information content (AvgIpc) is 2.05. The van der Waals surface area contributed by atoms with Gasteiger partial charge in [-0.05, 0) is 30.5 Å². The van der Waals surface area contributed by atoms with Gasteiger partial charge < -0.3 is 5.73 Å². The van der Waals surface area contributed by atoms with Gasteiger partial charge in [-0.15, -0.1) is 0 Å². The summed E-state index contributed by atoms with van der Waals surface area (Å²) in [6, 6.07) is 3.97. The highest BCUT2D eigenvalue weighted by Gasteiger charge is 1.93. The average molecular weight is 163 g/mol. The molecule has 1 rings (SSSR count). The van der Waals surface area contributed by atoms with Crippen molar-refractivity contribution >= 4 is 5.84 Å². The molecular weight excluding hydrogens is 150 g/mol. The van der Waals surface area contributed by atoms with E-state index in [-0.39, 0.29) is 5.84 Å². The number of nitrogens with zero attached hydrogens (tertiary/aromatic N) is 1. The van der Waals surface area contributed by atoms with Gasteiger partial charge in [0.05, 0.1) is 5.84 Å². The largest absolute Gasteiger partial charge is 0.388 e. The molecule has 0 aliphatic heterocycles. The number of rotatable bonds is 4. The summed E-state index contributed by atoms with van der Waals surface area (Å²) in [5.74, 6) is 0.268. The Bertz CT molecular complexity index is 243. The number of aromatic nitrogens is 1. The Kier molecular flexibility index (Phi) is 3.26. The quantitative estimate of drug-likeness (QED) is 0.519. The fourth-order valence-corrected chi connectivity index (χ4v) is 1.03. The Morgan fingerprint density at radius 1 is 1.42 bits per heavy atom. The molecule has 0 amide bonds. The van der Waals surface area contributed by atoms with Gasteiger partial charge in [-0.1, -0.05) is 0 Å². The molecule has 12 heavy (non-hydrogen) atoms. The smallest absolute Gasteiger partial charge is 0.0905 e. The first-order valence-corrected chi connectivity index (χ1v) is 4.01. The predicted octanol–water partition coefficient (Wildman–Crippen LogP) is 1.34. The van der Waals surface area contributed by atoms with Gasteiger partial charge in [0.25, 0.3) is 0 Å². The zero-order chi connectivity index (χ0) is 8.81. The zero-order valence-corrected chi connectivity index (χ0v) is 6.96. The van der Waals surface area contributed by atoms with Gasteiger partial charge in [-0.25, -0.2) is 0 Å². The number of nitrogens with one attached hydrogen (secondary N) is 1. The fraction of sp³-hybridized carbons (Fsp3) is 0.333. The molecule has 3 nitrogen and oxygen atoms in total. The summed E-state index contributed by atoms with van der Waals surface area (Å²) in [7, 11) is 0. The molecule has 3 heteroatoms. The van der Waals surface area contributed by atoms with Gasteiger partial charge in [0.2, 0.25) is 0 Å². The second-order valence-electron chi connectivity index (χ2n) is 2.73. The Balaban J connectivity index is 2.29. The number of hydrogen-bond acceptors (Lipinski definition) is 2. The van der Waals surface area contributed by atoms with E-state index in [4.69, 9.17) is 11.1 Å². The molecule has 1 aromatic heterocycles. The summed E-state index contributed by atoms with van der Waals surface area (Å²) in [4.78, 5) is 3.92. The number of pyridine rings is 1. The highest BCUT2D eigenvalue weighted by molar-refractivity contribution is 5.76. The molecule has 64 valence electrons. The normalized spacial score (nSPS) is 9.67. The maximum Gasteiger partial charge on any atom is 0.0905 e. The molecule has 0 unspecified atom stereocenters. The van der Waals surface area contributed by atoms with Crippen LogP contribution in [0.4, 0.5) is 0 Å². The Morgan fingerprint density at radius 2 is 2.08 bits per heavy atom. The van der Waals surface area contributed by atoms with Gasteiger partial charge in [0.1, 0.15) is 0 Å². The van der Waals surface area contributed by atoms with Gasteiger partial charge in [0.15, 0.2) is 0 Å². The summed E-state index contributed by atoms with van der Waals surface area (Å²) in [5.41, 5.74) is 6.48.